The second-order valence-corrected chi connectivity index (χ2v) is 15.5. The molecule has 0 aromatic heterocycles. The minimum Gasteiger partial charge on any atom is -0.486 e. The number of ether oxygens (including phenoxy) is 3. The molecule has 11 nitrogen and oxygen atoms in total. The molecule has 5 heterocycles. The van der Waals surface area contributed by atoms with Crippen LogP contribution in [0.15, 0.2) is 36.4 Å². The lowest BCUT2D eigenvalue weighted by Gasteiger charge is -2.44. The second kappa shape index (κ2) is 14.7. The Morgan fingerprint density at radius 3 is 2.34 bits per heavy atom. The Balaban J connectivity index is 0.995. The number of amides is 4. The Hall–Kier alpha value is -3.99. The van der Waals surface area contributed by atoms with Crippen LogP contribution in [0.2, 0.25) is 0 Å². The summed E-state index contributed by atoms with van der Waals surface area (Å²) in [7, 11) is 0. The summed E-state index contributed by atoms with van der Waals surface area (Å²) in [6.45, 7) is 12.8. The molecule has 11 heteroatoms. The first-order valence-electron chi connectivity index (χ1n) is 18.7. The topological polar surface area (TPSA) is 104 Å². The van der Waals surface area contributed by atoms with Gasteiger partial charge in [-0.1, -0.05) is 38.1 Å². The fourth-order valence-electron chi connectivity index (χ4n) is 8.36. The van der Waals surface area contributed by atoms with Gasteiger partial charge >= 0.3 is 12.1 Å². The molecule has 1 N–H and O–H groups in total. The van der Waals surface area contributed by atoms with Crippen LogP contribution in [0.25, 0.3) is 0 Å². The normalized spacial score (nSPS) is 22.3. The van der Waals surface area contributed by atoms with Gasteiger partial charge in [0.15, 0.2) is 17.6 Å². The molecule has 3 saturated heterocycles. The van der Waals surface area contributed by atoms with Gasteiger partial charge < -0.3 is 39.1 Å². The zero-order valence-electron chi connectivity index (χ0n) is 30.0. The quantitative estimate of drug-likeness (QED) is 0.429. The van der Waals surface area contributed by atoms with Crippen LogP contribution < -0.4 is 14.8 Å². The lowest BCUT2D eigenvalue weighted by Crippen LogP contribution is -2.53. The third kappa shape index (κ3) is 7.67. The summed E-state index contributed by atoms with van der Waals surface area (Å²) < 4.78 is 17.9. The number of para-hydroxylation sites is 1. The maximum atomic E-state index is 14.2. The van der Waals surface area contributed by atoms with Crippen LogP contribution in [0.5, 0.6) is 11.5 Å². The molecule has 5 aliphatic heterocycles. The highest BCUT2D eigenvalue weighted by Crippen LogP contribution is 2.36. The van der Waals surface area contributed by atoms with Gasteiger partial charge in [-0.15, -0.1) is 0 Å². The number of benzene rings is 2. The monoisotopic (exact) mass is 687 g/mol. The summed E-state index contributed by atoms with van der Waals surface area (Å²) in [5.74, 6) is 1.25. The number of anilines is 1. The van der Waals surface area contributed by atoms with Crippen molar-refractivity contribution in [2.24, 2.45) is 5.41 Å². The molecule has 4 amide bonds. The van der Waals surface area contributed by atoms with Crippen LogP contribution in [-0.4, -0.2) is 115 Å². The van der Waals surface area contributed by atoms with Crippen molar-refractivity contribution in [3.63, 3.8) is 0 Å². The summed E-state index contributed by atoms with van der Waals surface area (Å²) in [5.41, 5.74) is 4.20. The van der Waals surface area contributed by atoms with Crippen molar-refractivity contribution in [3.8, 4) is 11.5 Å². The van der Waals surface area contributed by atoms with E-state index in [4.69, 9.17) is 14.2 Å². The van der Waals surface area contributed by atoms with Crippen LogP contribution in [-0.2, 0) is 22.4 Å². The Kier molecular flexibility index (Phi) is 10.1. The van der Waals surface area contributed by atoms with Gasteiger partial charge in [0, 0.05) is 56.9 Å². The van der Waals surface area contributed by atoms with Gasteiger partial charge in [-0.25, -0.2) is 9.59 Å². The standard InChI is InChI=1S/C39H53N5O6/c1-27-24-28(25-33-35(27)49-23-22-48-33)26-34(36(45)42-15-9-30(10-16-42)41-20-13-39(2,3)14-21-41)50-38(47)43-17-11-31(12-18-43)44-19-8-29-6-4-5-7-32(29)40-37(44)46/h4-7,24-25,30-31,34H,8-23,26H2,1-3H3,(H,40,46)/t34-/m1/s1. The number of hydrogen-bond acceptors (Lipinski definition) is 7. The van der Waals surface area contributed by atoms with E-state index in [-0.39, 0.29) is 24.4 Å². The molecule has 7 rings (SSSR count). The zero-order valence-corrected chi connectivity index (χ0v) is 30.0. The fraction of sp³-hybridized carbons (Fsp3) is 0.615. The molecule has 3 fully saturated rings. The van der Waals surface area contributed by atoms with Crippen LogP contribution in [0.4, 0.5) is 15.3 Å². The number of fused-ring (bicyclic) bond motifs is 2. The fourth-order valence-corrected chi connectivity index (χ4v) is 8.36. The van der Waals surface area contributed by atoms with Gasteiger partial charge in [-0.3, -0.25) is 4.79 Å². The summed E-state index contributed by atoms with van der Waals surface area (Å²) in [6.07, 6.45) is 5.18. The van der Waals surface area contributed by atoms with E-state index < -0.39 is 12.2 Å². The highest BCUT2D eigenvalue weighted by molar-refractivity contribution is 5.91. The summed E-state index contributed by atoms with van der Waals surface area (Å²) >= 11 is 0. The van der Waals surface area contributed by atoms with Crippen LogP contribution in [0, 0.1) is 12.3 Å². The SMILES string of the molecule is Cc1cc(C[C@@H](OC(=O)N2CCC(N3CCc4ccccc4NC3=O)CC2)C(=O)N2CCC(N3CCC(C)(C)CC3)CC2)cc2c1OCCO2. The van der Waals surface area contributed by atoms with Gasteiger partial charge in [0.2, 0.25) is 0 Å². The Bertz CT molecular complexity index is 1550. The Morgan fingerprint density at radius 1 is 0.900 bits per heavy atom. The number of aryl methyl sites for hydroxylation is 1. The van der Waals surface area contributed by atoms with Crippen molar-refractivity contribution in [1.82, 2.24) is 19.6 Å². The molecule has 0 aliphatic carbocycles. The van der Waals surface area contributed by atoms with E-state index in [1.165, 1.54) is 12.8 Å². The van der Waals surface area contributed by atoms with E-state index in [1.807, 2.05) is 47.1 Å². The first kappa shape index (κ1) is 34.5. The third-order valence-electron chi connectivity index (χ3n) is 11.6. The number of carbonyl (C=O) groups is 3. The number of nitrogens with one attached hydrogen (secondary N) is 1. The zero-order chi connectivity index (χ0) is 34.8. The number of likely N-dealkylation sites (tertiary alicyclic amines) is 3. The molecule has 2 aromatic rings. The first-order chi connectivity index (χ1) is 24.1. The third-order valence-corrected chi connectivity index (χ3v) is 11.6. The van der Waals surface area contributed by atoms with E-state index in [2.05, 4.69) is 30.1 Å². The van der Waals surface area contributed by atoms with Gasteiger partial charge in [0.25, 0.3) is 5.91 Å². The van der Waals surface area contributed by atoms with Crippen molar-refractivity contribution in [3.05, 3.63) is 53.1 Å². The minimum absolute atomic E-state index is 0.0266. The van der Waals surface area contributed by atoms with E-state index in [9.17, 15) is 14.4 Å². The lowest BCUT2D eigenvalue weighted by molar-refractivity contribution is -0.142. The second-order valence-electron chi connectivity index (χ2n) is 15.5. The van der Waals surface area contributed by atoms with E-state index in [1.54, 1.807) is 4.90 Å². The number of piperidine rings is 3. The maximum Gasteiger partial charge on any atom is 0.410 e. The molecule has 5 aliphatic rings. The van der Waals surface area contributed by atoms with Crippen molar-refractivity contribution < 1.29 is 28.6 Å². The minimum atomic E-state index is -0.954. The number of hydrogen-bond donors (Lipinski definition) is 1. The van der Waals surface area contributed by atoms with Gasteiger partial charge in [-0.05, 0) is 99.2 Å². The highest BCUT2D eigenvalue weighted by atomic mass is 16.6. The average molecular weight is 688 g/mol. The molecule has 0 saturated carbocycles. The molecular weight excluding hydrogens is 634 g/mol. The smallest absolute Gasteiger partial charge is 0.410 e. The molecule has 2 aromatic carbocycles. The van der Waals surface area contributed by atoms with Gasteiger partial charge in [0.1, 0.15) is 13.2 Å². The highest BCUT2D eigenvalue weighted by Gasteiger charge is 2.37. The van der Waals surface area contributed by atoms with E-state index in [0.29, 0.717) is 76.0 Å². The number of carbonyl (C=O) groups excluding carboxylic acids is 3. The lowest BCUT2D eigenvalue weighted by atomic mass is 9.82. The van der Waals surface area contributed by atoms with E-state index >= 15 is 0 Å². The van der Waals surface area contributed by atoms with Crippen molar-refractivity contribution >= 4 is 23.7 Å². The Morgan fingerprint density at radius 2 is 1.58 bits per heavy atom. The first-order valence-corrected chi connectivity index (χ1v) is 18.7. The number of urea groups is 1. The molecule has 270 valence electrons. The van der Waals surface area contributed by atoms with E-state index in [0.717, 1.165) is 60.5 Å². The van der Waals surface area contributed by atoms with Gasteiger partial charge in [0.05, 0.1) is 0 Å². The molecule has 0 radical (unpaired) electrons. The predicted molar refractivity (Wildman–Crippen MR) is 191 cm³/mol. The average Bonchev–Trinajstić information content (AvgIpc) is 3.29. The van der Waals surface area contributed by atoms with Crippen molar-refractivity contribution in [2.45, 2.75) is 90.3 Å². The summed E-state index contributed by atoms with van der Waals surface area (Å²) in [5, 5.41) is 3.06. The largest absolute Gasteiger partial charge is 0.486 e. The molecular formula is C39H53N5O6. The summed E-state index contributed by atoms with van der Waals surface area (Å²) in [6, 6.07) is 12.3. The maximum absolute atomic E-state index is 14.2. The van der Waals surface area contributed by atoms with Crippen LogP contribution >= 0.6 is 0 Å². The molecule has 0 spiro atoms. The number of rotatable bonds is 6. The van der Waals surface area contributed by atoms with Crippen LogP contribution in [0.1, 0.15) is 69.1 Å². The molecule has 1 atom stereocenters. The van der Waals surface area contributed by atoms with Crippen molar-refractivity contribution in [1.29, 1.82) is 0 Å². The molecule has 50 heavy (non-hydrogen) atoms. The van der Waals surface area contributed by atoms with Gasteiger partial charge in [-0.2, -0.15) is 0 Å². The molecule has 0 unspecified atom stereocenters. The number of nitrogens with zero attached hydrogens (tertiary/aromatic N) is 4. The summed E-state index contributed by atoms with van der Waals surface area (Å²) in [4.78, 5) is 49.2. The van der Waals surface area contributed by atoms with Crippen LogP contribution in [0.3, 0.4) is 0 Å². The predicted octanol–water partition coefficient (Wildman–Crippen LogP) is 5.48. The van der Waals surface area contributed by atoms with Crippen molar-refractivity contribution in [2.75, 3.05) is 64.3 Å². The molecule has 0 bridgehead atoms. The Labute approximate surface area is 296 Å².